The lowest BCUT2D eigenvalue weighted by Crippen LogP contribution is -2.28. The van der Waals surface area contributed by atoms with Crippen LogP contribution in [0.15, 0.2) is 54.6 Å². The topological polar surface area (TPSA) is 63.9 Å². The standard InChI is InChI=1S/C19H17N5OS/c1-13-16(21-22-24(13)14-8-4-3-5-9-14)12-18(25)23(2)19-20-15-10-6-7-11-17(15)26-19/h3-11H,12H2,1-2H3. The Labute approximate surface area is 154 Å². The number of anilines is 1. The van der Waals surface area contributed by atoms with Gasteiger partial charge in [-0.1, -0.05) is 46.9 Å². The van der Waals surface area contributed by atoms with Gasteiger partial charge in [-0.3, -0.25) is 9.69 Å². The fourth-order valence-electron chi connectivity index (χ4n) is 2.71. The summed E-state index contributed by atoms with van der Waals surface area (Å²) in [5.41, 5.74) is 3.36. The number of hydrogen-bond acceptors (Lipinski definition) is 5. The van der Waals surface area contributed by atoms with Crippen molar-refractivity contribution in [2.75, 3.05) is 11.9 Å². The lowest BCUT2D eigenvalue weighted by Gasteiger charge is -2.12. The zero-order valence-electron chi connectivity index (χ0n) is 14.5. The molecular weight excluding hydrogens is 346 g/mol. The first-order valence-electron chi connectivity index (χ1n) is 8.22. The summed E-state index contributed by atoms with van der Waals surface area (Å²) >= 11 is 1.50. The zero-order chi connectivity index (χ0) is 18.1. The first kappa shape index (κ1) is 16.4. The molecule has 6 nitrogen and oxygen atoms in total. The molecule has 4 rings (SSSR count). The first-order valence-corrected chi connectivity index (χ1v) is 9.04. The van der Waals surface area contributed by atoms with Gasteiger partial charge in [0.1, 0.15) is 0 Å². The van der Waals surface area contributed by atoms with Crippen molar-refractivity contribution < 1.29 is 4.79 Å². The van der Waals surface area contributed by atoms with E-state index in [0.29, 0.717) is 10.8 Å². The molecule has 0 radical (unpaired) electrons. The van der Waals surface area contributed by atoms with E-state index < -0.39 is 0 Å². The van der Waals surface area contributed by atoms with E-state index >= 15 is 0 Å². The van der Waals surface area contributed by atoms with Crippen LogP contribution in [0.25, 0.3) is 15.9 Å². The summed E-state index contributed by atoms with van der Waals surface area (Å²) < 4.78 is 2.81. The number of carbonyl (C=O) groups excluding carboxylic acids is 1. The molecule has 130 valence electrons. The lowest BCUT2D eigenvalue weighted by atomic mass is 10.2. The van der Waals surface area contributed by atoms with Gasteiger partial charge in [-0.2, -0.15) is 0 Å². The monoisotopic (exact) mass is 363 g/mol. The Morgan fingerprint density at radius 2 is 1.85 bits per heavy atom. The number of hydrogen-bond donors (Lipinski definition) is 0. The maximum absolute atomic E-state index is 12.7. The maximum atomic E-state index is 12.7. The van der Waals surface area contributed by atoms with E-state index in [9.17, 15) is 4.79 Å². The number of fused-ring (bicyclic) bond motifs is 1. The van der Waals surface area contributed by atoms with Crippen molar-refractivity contribution in [3.05, 3.63) is 66.0 Å². The third-order valence-electron chi connectivity index (χ3n) is 4.25. The Morgan fingerprint density at radius 1 is 1.12 bits per heavy atom. The van der Waals surface area contributed by atoms with E-state index in [4.69, 9.17) is 0 Å². The number of carbonyl (C=O) groups is 1. The van der Waals surface area contributed by atoms with Gasteiger partial charge in [0.2, 0.25) is 5.91 Å². The predicted molar refractivity (Wildman–Crippen MR) is 103 cm³/mol. The molecule has 26 heavy (non-hydrogen) atoms. The molecule has 0 N–H and O–H groups in total. The quantitative estimate of drug-likeness (QED) is 0.557. The molecule has 0 aliphatic carbocycles. The van der Waals surface area contributed by atoms with Crippen LogP contribution in [0.4, 0.5) is 5.13 Å². The van der Waals surface area contributed by atoms with E-state index in [2.05, 4.69) is 15.3 Å². The molecular formula is C19H17N5OS. The van der Waals surface area contributed by atoms with Crippen LogP contribution in [0, 0.1) is 6.92 Å². The van der Waals surface area contributed by atoms with E-state index in [0.717, 1.165) is 21.6 Å². The van der Waals surface area contributed by atoms with E-state index in [1.54, 1.807) is 16.6 Å². The normalized spacial score (nSPS) is 11.0. The summed E-state index contributed by atoms with van der Waals surface area (Å²) in [6.07, 6.45) is 0.186. The molecule has 0 fully saturated rings. The summed E-state index contributed by atoms with van der Waals surface area (Å²) in [4.78, 5) is 18.8. The second-order valence-electron chi connectivity index (χ2n) is 5.96. The van der Waals surface area contributed by atoms with Crippen LogP contribution in [0.3, 0.4) is 0 Å². The highest BCUT2D eigenvalue weighted by Crippen LogP contribution is 2.28. The average Bonchev–Trinajstić information content (AvgIpc) is 3.26. The minimum absolute atomic E-state index is 0.0627. The van der Waals surface area contributed by atoms with E-state index in [-0.39, 0.29) is 12.3 Å². The Kier molecular flexibility index (Phi) is 4.22. The first-order chi connectivity index (χ1) is 12.6. The third kappa shape index (κ3) is 2.97. The van der Waals surface area contributed by atoms with Crippen molar-refractivity contribution in [1.29, 1.82) is 0 Å². The Morgan fingerprint density at radius 3 is 2.62 bits per heavy atom. The number of aromatic nitrogens is 4. The van der Waals surface area contributed by atoms with Gasteiger partial charge in [0.15, 0.2) is 5.13 Å². The molecule has 0 bridgehead atoms. The molecule has 0 saturated carbocycles. The highest BCUT2D eigenvalue weighted by atomic mass is 32.1. The Balaban J connectivity index is 1.55. The predicted octanol–water partition coefficient (Wildman–Crippen LogP) is 3.39. The number of rotatable bonds is 4. The fourth-order valence-corrected chi connectivity index (χ4v) is 3.65. The van der Waals surface area contributed by atoms with Crippen molar-refractivity contribution in [3.8, 4) is 5.69 Å². The van der Waals surface area contributed by atoms with Gasteiger partial charge < -0.3 is 0 Å². The van der Waals surface area contributed by atoms with Crippen LogP contribution in [-0.2, 0) is 11.2 Å². The number of benzene rings is 2. The summed E-state index contributed by atoms with van der Waals surface area (Å²) in [5.74, 6) is -0.0627. The molecule has 0 spiro atoms. The third-order valence-corrected chi connectivity index (χ3v) is 5.37. The van der Waals surface area contributed by atoms with Crippen molar-refractivity contribution >= 4 is 32.6 Å². The smallest absolute Gasteiger partial charge is 0.234 e. The zero-order valence-corrected chi connectivity index (χ0v) is 15.3. The second-order valence-corrected chi connectivity index (χ2v) is 6.97. The molecule has 0 aliphatic heterocycles. The Hall–Kier alpha value is -3.06. The van der Waals surface area contributed by atoms with Crippen LogP contribution in [-0.4, -0.2) is 32.9 Å². The molecule has 0 atom stereocenters. The minimum Gasteiger partial charge on any atom is -0.291 e. The molecule has 7 heteroatoms. The number of nitrogens with zero attached hydrogens (tertiary/aromatic N) is 5. The van der Waals surface area contributed by atoms with E-state index in [1.807, 2.05) is 61.5 Å². The summed E-state index contributed by atoms with van der Waals surface area (Å²) in [6.45, 7) is 1.92. The van der Waals surface area contributed by atoms with Gasteiger partial charge >= 0.3 is 0 Å². The molecule has 4 aromatic rings. The van der Waals surface area contributed by atoms with Crippen LogP contribution in [0.5, 0.6) is 0 Å². The van der Waals surface area contributed by atoms with Crippen LogP contribution >= 0.6 is 11.3 Å². The molecule has 0 saturated heterocycles. The van der Waals surface area contributed by atoms with Gasteiger partial charge in [-0.25, -0.2) is 9.67 Å². The minimum atomic E-state index is -0.0627. The van der Waals surface area contributed by atoms with Crippen molar-refractivity contribution in [1.82, 2.24) is 20.0 Å². The molecule has 2 aromatic carbocycles. The van der Waals surface area contributed by atoms with Crippen LogP contribution < -0.4 is 4.90 Å². The number of likely N-dealkylation sites (N-methyl/N-ethyl adjacent to an activating group) is 1. The summed E-state index contributed by atoms with van der Waals surface area (Å²) in [6, 6.07) is 17.6. The molecule has 1 amide bonds. The number of thiazole rings is 1. The molecule has 0 unspecified atom stereocenters. The lowest BCUT2D eigenvalue weighted by molar-refractivity contribution is -0.117. The highest BCUT2D eigenvalue weighted by molar-refractivity contribution is 7.22. The number of amides is 1. The largest absolute Gasteiger partial charge is 0.291 e. The summed E-state index contributed by atoms with van der Waals surface area (Å²) in [7, 11) is 1.75. The van der Waals surface area contributed by atoms with Crippen molar-refractivity contribution in [3.63, 3.8) is 0 Å². The van der Waals surface area contributed by atoms with Crippen LogP contribution in [0.2, 0.25) is 0 Å². The van der Waals surface area contributed by atoms with E-state index in [1.165, 1.54) is 11.3 Å². The molecule has 2 heterocycles. The van der Waals surface area contributed by atoms with Crippen molar-refractivity contribution in [2.24, 2.45) is 0 Å². The fraction of sp³-hybridized carbons (Fsp3) is 0.158. The second kappa shape index (κ2) is 6.68. The van der Waals surface area contributed by atoms with Gasteiger partial charge in [-0.15, -0.1) is 5.10 Å². The SMILES string of the molecule is Cc1c(CC(=O)N(C)c2nc3ccccc3s2)nnn1-c1ccccc1. The van der Waals surface area contributed by atoms with Gasteiger partial charge in [0.05, 0.1) is 33.7 Å². The molecule has 0 aliphatic rings. The Bertz CT molecular complexity index is 1040. The van der Waals surface area contributed by atoms with Gasteiger partial charge in [-0.05, 0) is 31.2 Å². The maximum Gasteiger partial charge on any atom is 0.234 e. The van der Waals surface area contributed by atoms with Gasteiger partial charge in [0.25, 0.3) is 0 Å². The summed E-state index contributed by atoms with van der Waals surface area (Å²) in [5, 5.41) is 9.07. The average molecular weight is 363 g/mol. The van der Waals surface area contributed by atoms with Crippen LogP contribution in [0.1, 0.15) is 11.4 Å². The molecule has 2 aromatic heterocycles. The van der Waals surface area contributed by atoms with Crippen molar-refractivity contribution in [2.45, 2.75) is 13.3 Å². The van der Waals surface area contributed by atoms with Gasteiger partial charge in [0, 0.05) is 7.05 Å². The number of para-hydroxylation sites is 2. The highest BCUT2D eigenvalue weighted by Gasteiger charge is 2.19.